The molecule has 0 spiro atoms. The summed E-state index contributed by atoms with van der Waals surface area (Å²) in [6.07, 6.45) is 15.1. The molecule has 0 saturated heterocycles. The van der Waals surface area contributed by atoms with E-state index in [2.05, 4.69) is 19.1 Å². The summed E-state index contributed by atoms with van der Waals surface area (Å²) < 4.78 is 19.1. The minimum absolute atomic E-state index is 0.00899. The Balaban J connectivity index is 1.40. The number of carbonyl (C=O) groups excluding carboxylic acids is 1. The van der Waals surface area contributed by atoms with E-state index in [-0.39, 0.29) is 5.56 Å². The van der Waals surface area contributed by atoms with Crippen molar-refractivity contribution in [1.82, 2.24) is 0 Å². The van der Waals surface area contributed by atoms with Gasteiger partial charge in [-0.15, -0.1) is 0 Å². The van der Waals surface area contributed by atoms with Gasteiger partial charge < -0.3 is 4.74 Å². The Bertz CT molecular complexity index is 905. The van der Waals surface area contributed by atoms with Crippen molar-refractivity contribution < 1.29 is 13.9 Å². The lowest BCUT2D eigenvalue weighted by Crippen LogP contribution is -2.30. The van der Waals surface area contributed by atoms with Crippen LogP contribution < -0.4 is 0 Å². The number of methoxy groups -OCH3 is 1. The van der Waals surface area contributed by atoms with Gasteiger partial charge in [0, 0.05) is 0 Å². The maximum Gasteiger partial charge on any atom is 0.340 e. The van der Waals surface area contributed by atoms with Gasteiger partial charge in [0.25, 0.3) is 0 Å². The molecule has 3 heteroatoms. The van der Waals surface area contributed by atoms with Crippen molar-refractivity contribution in [2.75, 3.05) is 7.11 Å². The molecule has 2 aromatic carbocycles. The van der Waals surface area contributed by atoms with Crippen molar-refractivity contribution in [3.63, 3.8) is 0 Å². The highest BCUT2D eigenvalue weighted by atomic mass is 19.1. The molecule has 31 heavy (non-hydrogen) atoms. The molecule has 0 bridgehead atoms. The number of fused-ring (bicyclic) bond motifs is 2. The molecule has 0 aliphatic heterocycles. The van der Waals surface area contributed by atoms with E-state index in [1.54, 1.807) is 6.07 Å². The summed E-state index contributed by atoms with van der Waals surface area (Å²) in [5.41, 5.74) is 1.34. The maximum absolute atomic E-state index is 14.4. The second-order valence-electron chi connectivity index (χ2n) is 9.99. The number of ether oxygens (including phenoxy) is 1. The molecule has 2 unspecified atom stereocenters. The van der Waals surface area contributed by atoms with Gasteiger partial charge in [0.05, 0.1) is 12.7 Å². The highest BCUT2D eigenvalue weighted by Gasteiger charge is 2.35. The summed E-state index contributed by atoms with van der Waals surface area (Å²) in [6.45, 7) is 2.29. The molecule has 0 radical (unpaired) electrons. The van der Waals surface area contributed by atoms with Crippen LogP contribution in [0.25, 0.3) is 10.8 Å². The van der Waals surface area contributed by atoms with Crippen molar-refractivity contribution in [3.05, 3.63) is 47.3 Å². The van der Waals surface area contributed by atoms with Crippen molar-refractivity contribution in [2.45, 2.75) is 83.5 Å². The first-order valence-electron chi connectivity index (χ1n) is 12.4. The van der Waals surface area contributed by atoms with E-state index in [4.69, 9.17) is 4.74 Å². The molecule has 2 saturated carbocycles. The molecule has 2 aliphatic rings. The van der Waals surface area contributed by atoms with Crippen molar-refractivity contribution in [1.29, 1.82) is 0 Å². The summed E-state index contributed by atoms with van der Waals surface area (Å²) in [7, 11) is 1.28. The van der Waals surface area contributed by atoms with Crippen LogP contribution in [0.5, 0.6) is 0 Å². The Morgan fingerprint density at radius 1 is 0.968 bits per heavy atom. The third kappa shape index (κ3) is 5.13. The highest BCUT2D eigenvalue weighted by molar-refractivity contribution is 5.95. The third-order valence-electron chi connectivity index (χ3n) is 8.01. The zero-order valence-corrected chi connectivity index (χ0v) is 19.2. The minimum Gasteiger partial charge on any atom is -0.465 e. The molecule has 2 nitrogen and oxygen atoms in total. The van der Waals surface area contributed by atoms with Crippen molar-refractivity contribution in [3.8, 4) is 0 Å². The summed E-state index contributed by atoms with van der Waals surface area (Å²) in [6, 6.07) is 9.46. The monoisotopic (exact) mass is 424 g/mol. The van der Waals surface area contributed by atoms with Gasteiger partial charge in [0.1, 0.15) is 5.82 Å². The molecule has 0 heterocycles. The maximum atomic E-state index is 14.4. The Labute approximate surface area is 186 Å². The minimum atomic E-state index is -0.622. The van der Waals surface area contributed by atoms with Crippen LogP contribution in [0.3, 0.4) is 0 Å². The summed E-state index contributed by atoms with van der Waals surface area (Å²) in [4.78, 5) is 11.8. The van der Waals surface area contributed by atoms with Crippen LogP contribution in [0.15, 0.2) is 30.3 Å². The molecular formula is C28H37FO2. The van der Waals surface area contributed by atoms with E-state index in [1.165, 1.54) is 89.4 Å². The Morgan fingerprint density at radius 2 is 1.77 bits per heavy atom. The molecule has 0 aromatic heterocycles. The number of benzene rings is 2. The van der Waals surface area contributed by atoms with Crippen LogP contribution >= 0.6 is 0 Å². The molecule has 4 atom stereocenters. The number of unbranched alkanes of at least 4 members (excludes halogenated alkanes) is 3. The second kappa shape index (κ2) is 10.1. The topological polar surface area (TPSA) is 26.3 Å². The molecule has 2 aromatic rings. The lowest BCUT2D eigenvalue weighted by molar-refractivity contribution is 0.0595. The van der Waals surface area contributed by atoms with Gasteiger partial charge >= 0.3 is 5.97 Å². The van der Waals surface area contributed by atoms with Gasteiger partial charge in [-0.05, 0) is 84.2 Å². The number of halogens is 1. The lowest BCUT2D eigenvalue weighted by Gasteiger charge is -2.42. The molecule has 168 valence electrons. The number of hydrogen-bond acceptors (Lipinski definition) is 2. The predicted octanol–water partition coefficient (Wildman–Crippen LogP) is 8.04. The van der Waals surface area contributed by atoms with Gasteiger partial charge in [-0.3, -0.25) is 0 Å². The second-order valence-corrected chi connectivity index (χ2v) is 9.99. The fourth-order valence-electron chi connectivity index (χ4n) is 6.22. The van der Waals surface area contributed by atoms with Crippen LogP contribution in [-0.4, -0.2) is 13.1 Å². The van der Waals surface area contributed by atoms with Crippen LogP contribution in [0.1, 0.15) is 99.4 Å². The first-order valence-corrected chi connectivity index (χ1v) is 12.4. The predicted molar refractivity (Wildman–Crippen MR) is 125 cm³/mol. The van der Waals surface area contributed by atoms with Gasteiger partial charge in [-0.1, -0.05) is 63.6 Å². The van der Waals surface area contributed by atoms with Crippen LogP contribution in [0.4, 0.5) is 4.39 Å². The summed E-state index contributed by atoms with van der Waals surface area (Å²) in [5.74, 6) is 2.19. The molecule has 0 N–H and O–H groups in total. The number of rotatable bonds is 7. The molecule has 4 rings (SSSR count). The molecule has 0 amide bonds. The SMILES string of the molecule is CCCCCCC1CC[C@@H]2CC(c3ccc4cc(C(=O)OC)c(F)cc4c3)CC[C@H]2C1. The van der Waals surface area contributed by atoms with E-state index >= 15 is 0 Å². The number of carbonyl (C=O) groups is 1. The van der Waals surface area contributed by atoms with Crippen LogP contribution in [0, 0.1) is 23.6 Å². The van der Waals surface area contributed by atoms with Crippen LogP contribution in [-0.2, 0) is 4.74 Å². The third-order valence-corrected chi connectivity index (χ3v) is 8.01. The summed E-state index contributed by atoms with van der Waals surface area (Å²) in [5, 5.41) is 1.77. The van der Waals surface area contributed by atoms with Gasteiger partial charge in [0.15, 0.2) is 0 Å². The Hall–Kier alpha value is -1.90. The van der Waals surface area contributed by atoms with Gasteiger partial charge in [-0.2, -0.15) is 0 Å². The largest absolute Gasteiger partial charge is 0.465 e. The van der Waals surface area contributed by atoms with E-state index in [0.29, 0.717) is 5.92 Å². The van der Waals surface area contributed by atoms with E-state index < -0.39 is 11.8 Å². The van der Waals surface area contributed by atoms with E-state index in [9.17, 15) is 9.18 Å². The zero-order chi connectivity index (χ0) is 21.8. The molecule has 2 fully saturated rings. The highest BCUT2D eigenvalue weighted by Crippen LogP contribution is 2.48. The lowest BCUT2D eigenvalue weighted by atomic mass is 9.63. The van der Waals surface area contributed by atoms with Gasteiger partial charge in [0.2, 0.25) is 0 Å². The summed E-state index contributed by atoms with van der Waals surface area (Å²) >= 11 is 0. The number of hydrogen-bond donors (Lipinski definition) is 0. The van der Waals surface area contributed by atoms with Crippen molar-refractivity contribution in [2.24, 2.45) is 17.8 Å². The fourth-order valence-corrected chi connectivity index (χ4v) is 6.22. The normalized spacial score (nSPS) is 25.9. The quantitative estimate of drug-likeness (QED) is 0.332. The fraction of sp³-hybridized carbons (Fsp3) is 0.607. The first kappa shape index (κ1) is 22.3. The first-order chi connectivity index (χ1) is 15.1. The Kier molecular flexibility index (Phi) is 7.30. The van der Waals surface area contributed by atoms with Gasteiger partial charge in [-0.25, -0.2) is 9.18 Å². The standard InChI is InChI=1S/C28H37FO2/c1-3-4-5-6-7-19-8-9-21-15-22(11-10-20(21)14-19)23-12-13-24-17-26(28(30)31-2)27(29)18-25(24)16-23/h12-13,16-22H,3-11,14-15H2,1-2H3/t19?,20-,21+,22?/m0/s1. The average Bonchev–Trinajstić information content (AvgIpc) is 2.80. The van der Waals surface area contributed by atoms with E-state index in [1.807, 2.05) is 6.07 Å². The molecular weight excluding hydrogens is 387 g/mol. The van der Waals surface area contributed by atoms with E-state index in [0.717, 1.165) is 28.5 Å². The van der Waals surface area contributed by atoms with Crippen molar-refractivity contribution >= 4 is 16.7 Å². The number of esters is 1. The average molecular weight is 425 g/mol. The molecule has 2 aliphatic carbocycles. The smallest absolute Gasteiger partial charge is 0.340 e. The van der Waals surface area contributed by atoms with Crippen LogP contribution in [0.2, 0.25) is 0 Å². The Morgan fingerprint density at radius 3 is 2.58 bits per heavy atom. The zero-order valence-electron chi connectivity index (χ0n) is 19.2.